The van der Waals surface area contributed by atoms with Gasteiger partial charge < -0.3 is 9.80 Å². The predicted molar refractivity (Wildman–Crippen MR) is 86.7 cm³/mol. The van der Waals surface area contributed by atoms with E-state index in [2.05, 4.69) is 0 Å². The molecule has 0 bridgehead atoms. The number of hydrogen-bond donors (Lipinski definition) is 0. The van der Waals surface area contributed by atoms with Crippen LogP contribution in [0.1, 0.15) is 64.2 Å². The molecule has 2 saturated heterocycles. The van der Waals surface area contributed by atoms with Gasteiger partial charge in [-0.1, -0.05) is 19.3 Å². The minimum absolute atomic E-state index is 0.160. The zero-order valence-electron chi connectivity index (χ0n) is 14.1. The number of rotatable bonds is 3. The van der Waals surface area contributed by atoms with E-state index in [0.29, 0.717) is 38.5 Å². The molecule has 0 N–H and O–H groups in total. The van der Waals surface area contributed by atoms with E-state index in [9.17, 15) is 14.0 Å². The van der Waals surface area contributed by atoms with Gasteiger partial charge in [-0.05, 0) is 31.6 Å². The fourth-order valence-electron chi connectivity index (χ4n) is 4.30. The van der Waals surface area contributed by atoms with Crippen molar-refractivity contribution in [1.29, 1.82) is 0 Å². The molecule has 4 nitrogen and oxygen atoms in total. The maximum absolute atomic E-state index is 15.0. The number of halogens is 1. The quantitative estimate of drug-likeness (QED) is 0.801. The van der Waals surface area contributed by atoms with Crippen molar-refractivity contribution in [2.45, 2.75) is 69.9 Å². The summed E-state index contributed by atoms with van der Waals surface area (Å²) in [5.74, 6) is 0.335. The molecule has 5 heteroatoms. The lowest BCUT2D eigenvalue weighted by Crippen LogP contribution is -2.53. The third-order valence-corrected chi connectivity index (χ3v) is 5.87. The minimum Gasteiger partial charge on any atom is -0.342 e. The van der Waals surface area contributed by atoms with Crippen LogP contribution in [0.5, 0.6) is 0 Å². The second-order valence-corrected chi connectivity index (χ2v) is 7.55. The summed E-state index contributed by atoms with van der Waals surface area (Å²) in [5.41, 5.74) is -1.74. The lowest BCUT2D eigenvalue weighted by atomic mass is 9.86. The summed E-state index contributed by atoms with van der Waals surface area (Å²) in [6, 6.07) is 0. The summed E-state index contributed by atoms with van der Waals surface area (Å²) in [6.45, 7) is 2.16. The zero-order chi connectivity index (χ0) is 16.3. The average Bonchev–Trinajstić information content (AvgIpc) is 3.10. The largest absolute Gasteiger partial charge is 0.342 e. The van der Waals surface area contributed by atoms with E-state index in [0.717, 1.165) is 25.7 Å². The van der Waals surface area contributed by atoms with Crippen molar-refractivity contribution in [3.8, 4) is 0 Å². The van der Waals surface area contributed by atoms with E-state index in [4.69, 9.17) is 0 Å². The molecule has 23 heavy (non-hydrogen) atoms. The Bertz CT molecular complexity index is 434. The lowest BCUT2D eigenvalue weighted by molar-refractivity contribution is -0.149. The van der Waals surface area contributed by atoms with Crippen LogP contribution in [0.3, 0.4) is 0 Å². The van der Waals surface area contributed by atoms with Crippen molar-refractivity contribution in [2.75, 3.05) is 26.2 Å². The van der Waals surface area contributed by atoms with Crippen LogP contribution in [-0.2, 0) is 9.59 Å². The summed E-state index contributed by atoms with van der Waals surface area (Å²) in [6.07, 6.45) is 8.96. The molecule has 0 atom stereocenters. The number of carbonyl (C=O) groups excluding carboxylic acids is 2. The fraction of sp³-hybridized carbons (Fsp3) is 0.889. The van der Waals surface area contributed by atoms with Crippen LogP contribution in [0.4, 0.5) is 4.39 Å². The lowest BCUT2D eigenvalue weighted by Gasteiger charge is -2.38. The highest BCUT2D eigenvalue weighted by atomic mass is 19.1. The van der Waals surface area contributed by atoms with Gasteiger partial charge in [0.15, 0.2) is 5.67 Å². The van der Waals surface area contributed by atoms with Crippen molar-refractivity contribution in [2.24, 2.45) is 5.92 Å². The standard InChI is InChI=1S/C18H29FN2O2/c19-18(17(23)21-10-4-5-11-21)8-12-20(13-9-18)16(22)14-15-6-2-1-3-7-15/h15H,1-14H2. The second-order valence-electron chi connectivity index (χ2n) is 7.55. The third kappa shape index (κ3) is 3.86. The molecule has 0 aromatic carbocycles. The molecule has 1 saturated carbocycles. The first-order chi connectivity index (χ1) is 11.1. The molecule has 0 radical (unpaired) electrons. The van der Waals surface area contributed by atoms with Crippen LogP contribution in [0.25, 0.3) is 0 Å². The first-order valence-electron chi connectivity index (χ1n) is 9.34. The molecule has 2 aliphatic heterocycles. The normalized spacial score (nSPS) is 25.6. The van der Waals surface area contributed by atoms with Gasteiger partial charge in [0, 0.05) is 45.4 Å². The molecule has 3 fully saturated rings. The van der Waals surface area contributed by atoms with Crippen molar-refractivity contribution in [3.63, 3.8) is 0 Å². The fourth-order valence-corrected chi connectivity index (χ4v) is 4.30. The van der Waals surface area contributed by atoms with E-state index in [1.54, 1.807) is 9.80 Å². The Balaban J connectivity index is 1.48. The highest BCUT2D eigenvalue weighted by molar-refractivity contribution is 5.86. The van der Waals surface area contributed by atoms with Gasteiger partial charge in [0.05, 0.1) is 0 Å². The summed E-state index contributed by atoms with van der Waals surface area (Å²) < 4.78 is 15.0. The van der Waals surface area contributed by atoms with E-state index in [-0.39, 0.29) is 24.7 Å². The molecule has 0 unspecified atom stereocenters. The molecule has 1 aliphatic carbocycles. The Kier molecular flexibility index (Phi) is 5.22. The van der Waals surface area contributed by atoms with E-state index in [1.165, 1.54) is 19.3 Å². The maximum Gasteiger partial charge on any atom is 0.260 e. The van der Waals surface area contributed by atoms with Crippen LogP contribution in [0, 0.1) is 5.92 Å². The Morgan fingerprint density at radius 2 is 1.48 bits per heavy atom. The first kappa shape index (κ1) is 16.7. The van der Waals surface area contributed by atoms with Gasteiger partial charge in [0.25, 0.3) is 5.91 Å². The van der Waals surface area contributed by atoms with Gasteiger partial charge in [0.2, 0.25) is 5.91 Å². The Labute approximate surface area is 138 Å². The maximum atomic E-state index is 15.0. The van der Waals surface area contributed by atoms with Crippen LogP contribution >= 0.6 is 0 Å². The van der Waals surface area contributed by atoms with Gasteiger partial charge in [-0.3, -0.25) is 9.59 Å². The van der Waals surface area contributed by atoms with Gasteiger partial charge >= 0.3 is 0 Å². The first-order valence-corrected chi connectivity index (χ1v) is 9.34. The molecule has 2 amide bonds. The number of alkyl halides is 1. The van der Waals surface area contributed by atoms with Crippen molar-refractivity contribution >= 4 is 11.8 Å². The Morgan fingerprint density at radius 3 is 2.09 bits per heavy atom. The molecule has 0 aromatic heterocycles. The number of likely N-dealkylation sites (tertiary alicyclic amines) is 2. The van der Waals surface area contributed by atoms with Crippen LogP contribution in [0.15, 0.2) is 0 Å². The molecule has 0 spiro atoms. The van der Waals surface area contributed by atoms with Gasteiger partial charge in [-0.2, -0.15) is 0 Å². The van der Waals surface area contributed by atoms with Gasteiger partial charge in [-0.25, -0.2) is 4.39 Å². The summed E-state index contributed by atoms with van der Waals surface area (Å²) >= 11 is 0. The van der Waals surface area contributed by atoms with Gasteiger partial charge in [-0.15, -0.1) is 0 Å². The zero-order valence-corrected chi connectivity index (χ0v) is 14.1. The molecule has 3 rings (SSSR count). The monoisotopic (exact) mass is 324 g/mol. The van der Waals surface area contributed by atoms with E-state index < -0.39 is 5.67 Å². The van der Waals surface area contributed by atoms with Crippen LogP contribution in [0.2, 0.25) is 0 Å². The highest BCUT2D eigenvalue weighted by Gasteiger charge is 2.45. The number of amides is 2. The minimum atomic E-state index is -1.74. The number of piperidine rings is 1. The molecule has 3 aliphatic rings. The number of carbonyl (C=O) groups is 2. The van der Waals surface area contributed by atoms with Crippen LogP contribution < -0.4 is 0 Å². The highest BCUT2D eigenvalue weighted by Crippen LogP contribution is 2.32. The summed E-state index contributed by atoms with van der Waals surface area (Å²) in [4.78, 5) is 28.2. The van der Waals surface area contributed by atoms with Crippen molar-refractivity contribution < 1.29 is 14.0 Å². The molecule has 0 aromatic rings. The average molecular weight is 324 g/mol. The van der Waals surface area contributed by atoms with Crippen LogP contribution in [-0.4, -0.2) is 53.5 Å². The smallest absolute Gasteiger partial charge is 0.260 e. The topological polar surface area (TPSA) is 40.6 Å². The van der Waals surface area contributed by atoms with Crippen molar-refractivity contribution in [3.05, 3.63) is 0 Å². The third-order valence-electron chi connectivity index (χ3n) is 5.87. The summed E-state index contributed by atoms with van der Waals surface area (Å²) in [5, 5.41) is 0. The number of hydrogen-bond acceptors (Lipinski definition) is 2. The molecular weight excluding hydrogens is 295 g/mol. The van der Waals surface area contributed by atoms with Gasteiger partial charge in [0.1, 0.15) is 0 Å². The molecular formula is C18H29FN2O2. The number of nitrogens with zero attached hydrogens (tertiary/aromatic N) is 2. The Hall–Kier alpha value is -1.13. The molecule has 2 heterocycles. The van der Waals surface area contributed by atoms with E-state index >= 15 is 0 Å². The van der Waals surface area contributed by atoms with E-state index in [1.807, 2.05) is 0 Å². The molecule has 130 valence electrons. The summed E-state index contributed by atoms with van der Waals surface area (Å²) in [7, 11) is 0. The predicted octanol–water partition coefficient (Wildman–Crippen LogP) is 2.91. The Morgan fingerprint density at radius 1 is 0.870 bits per heavy atom. The van der Waals surface area contributed by atoms with Crippen molar-refractivity contribution in [1.82, 2.24) is 9.80 Å². The SMILES string of the molecule is O=C(CC1CCCCC1)N1CCC(F)(C(=O)N2CCCC2)CC1. The second kappa shape index (κ2) is 7.18.